The highest BCUT2D eigenvalue weighted by Crippen LogP contribution is 2.21. The van der Waals surface area contributed by atoms with Gasteiger partial charge in [0.1, 0.15) is 17.5 Å². The highest BCUT2D eigenvalue weighted by Gasteiger charge is 2.07. The van der Waals surface area contributed by atoms with Crippen LogP contribution in [0, 0.1) is 11.6 Å². The van der Waals surface area contributed by atoms with Crippen LogP contribution in [-0.2, 0) is 0 Å². The second-order valence-corrected chi connectivity index (χ2v) is 3.76. The fourth-order valence-electron chi connectivity index (χ4n) is 1.78. The fourth-order valence-corrected chi connectivity index (χ4v) is 1.78. The molecule has 3 rings (SSSR count). The number of hydrogen-bond acceptors (Lipinski definition) is 1. The van der Waals surface area contributed by atoms with Crippen molar-refractivity contribution >= 4 is 11.0 Å². The van der Waals surface area contributed by atoms with Gasteiger partial charge in [-0.3, -0.25) is 0 Å². The molecule has 0 aliphatic carbocycles. The number of nitrogens with one attached hydrogen (secondary N) is 1. The maximum atomic E-state index is 13.1. The zero-order valence-electron chi connectivity index (χ0n) is 8.74. The molecular weight excluding hydrogens is 222 g/mol. The minimum Gasteiger partial charge on any atom is -0.338 e. The van der Waals surface area contributed by atoms with Gasteiger partial charge in [0.05, 0.1) is 11.0 Å². The molecule has 0 atom stereocenters. The lowest BCUT2D eigenvalue weighted by atomic mass is 10.2. The Morgan fingerprint density at radius 3 is 2.35 bits per heavy atom. The third kappa shape index (κ3) is 1.78. The van der Waals surface area contributed by atoms with Gasteiger partial charge in [-0.05, 0) is 24.3 Å². The van der Waals surface area contributed by atoms with E-state index in [1.165, 1.54) is 12.1 Å². The van der Waals surface area contributed by atoms with E-state index >= 15 is 0 Å². The molecule has 0 spiro atoms. The second kappa shape index (κ2) is 3.66. The van der Waals surface area contributed by atoms with E-state index < -0.39 is 11.6 Å². The van der Waals surface area contributed by atoms with E-state index in [9.17, 15) is 8.78 Å². The summed E-state index contributed by atoms with van der Waals surface area (Å²) >= 11 is 0. The molecule has 1 heterocycles. The number of rotatable bonds is 1. The van der Waals surface area contributed by atoms with Crippen LogP contribution < -0.4 is 0 Å². The lowest BCUT2D eigenvalue weighted by Crippen LogP contribution is -1.85. The van der Waals surface area contributed by atoms with Gasteiger partial charge in [0.2, 0.25) is 0 Å². The van der Waals surface area contributed by atoms with E-state index in [1.54, 1.807) is 0 Å². The first kappa shape index (κ1) is 9.96. The Labute approximate surface area is 95.9 Å². The molecular formula is C13H8F2N2. The molecule has 84 valence electrons. The van der Waals surface area contributed by atoms with E-state index in [1.807, 2.05) is 24.3 Å². The van der Waals surface area contributed by atoms with Crippen molar-refractivity contribution in [2.24, 2.45) is 0 Å². The summed E-state index contributed by atoms with van der Waals surface area (Å²) < 4.78 is 26.2. The molecule has 3 aromatic rings. The van der Waals surface area contributed by atoms with E-state index in [0.717, 1.165) is 17.1 Å². The van der Waals surface area contributed by atoms with E-state index in [4.69, 9.17) is 0 Å². The minimum atomic E-state index is -0.611. The third-order valence-corrected chi connectivity index (χ3v) is 2.53. The first-order valence-electron chi connectivity index (χ1n) is 5.13. The lowest BCUT2D eigenvalue weighted by molar-refractivity contribution is 0.584. The number of benzene rings is 2. The smallest absolute Gasteiger partial charge is 0.138 e. The molecule has 1 aromatic heterocycles. The Morgan fingerprint density at radius 2 is 1.65 bits per heavy atom. The average Bonchev–Trinajstić information content (AvgIpc) is 2.71. The number of aromatic amines is 1. The van der Waals surface area contributed by atoms with Crippen LogP contribution in [0.5, 0.6) is 0 Å². The van der Waals surface area contributed by atoms with Crippen LogP contribution in [0.2, 0.25) is 0 Å². The van der Waals surface area contributed by atoms with E-state index in [2.05, 4.69) is 9.97 Å². The molecule has 0 unspecified atom stereocenters. The number of imidazole rings is 1. The SMILES string of the molecule is Fc1cc(F)cc(-c2nc3ccccc3[nH]2)c1. The quantitative estimate of drug-likeness (QED) is 0.680. The summed E-state index contributed by atoms with van der Waals surface area (Å²) in [6, 6.07) is 10.8. The van der Waals surface area contributed by atoms with Gasteiger partial charge in [-0.15, -0.1) is 0 Å². The number of para-hydroxylation sites is 2. The van der Waals surface area contributed by atoms with Crippen LogP contribution >= 0.6 is 0 Å². The molecule has 0 amide bonds. The van der Waals surface area contributed by atoms with Gasteiger partial charge in [0.25, 0.3) is 0 Å². The molecule has 2 nitrogen and oxygen atoms in total. The van der Waals surface area contributed by atoms with Crippen LogP contribution in [-0.4, -0.2) is 9.97 Å². The van der Waals surface area contributed by atoms with Crippen LogP contribution in [0.1, 0.15) is 0 Å². The normalized spacial score (nSPS) is 10.9. The monoisotopic (exact) mass is 230 g/mol. The van der Waals surface area contributed by atoms with Crippen molar-refractivity contribution in [3.8, 4) is 11.4 Å². The Hall–Kier alpha value is -2.23. The second-order valence-electron chi connectivity index (χ2n) is 3.76. The summed E-state index contributed by atoms with van der Waals surface area (Å²) in [6.45, 7) is 0. The number of nitrogens with zero attached hydrogens (tertiary/aromatic N) is 1. The van der Waals surface area contributed by atoms with Crippen LogP contribution in [0.25, 0.3) is 22.4 Å². The molecule has 4 heteroatoms. The van der Waals surface area contributed by atoms with Crippen LogP contribution in [0.4, 0.5) is 8.78 Å². The van der Waals surface area contributed by atoms with Crippen molar-refractivity contribution in [3.05, 3.63) is 54.1 Å². The van der Waals surface area contributed by atoms with Crippen molar-refractivity contribution in [1.29, 1.82) is 0 Å². The first-order chi connectivity index (χ1) is 8.22. The van der Waals surface area contributed by atoms with E-state index in [-0.39, 0.29) is 0 Å². The summed E-state index contributed by atoms with van der Waals surface area (Å²) in [5.74, 6) is -0.759. The van der Waals surface area contributed by atoms with Crippen molar-refractivity contribution in [1.82, 2.24) is 9.97 Å². The highest BCUT2D eigenvalue weighted by atomic mass is 19.1. The Bertz CT molecular complexity index is 635. The summed E-state index contributed by atoms with van der Waals surface area (Å²) in [4.78, 5) is 7.30. The molecule has 0 saturated carbocycles. The predicted octanol–water partition coefficient (Wildman–Crippen LogP) is 3.51. The molecule has 0 radical (unpaired) electrons. The molecule has 1 N–H and O–H groups in total. The molecule has 0 fully saturated rings. The van der Waals surface area contributed by atoms with Crippen LogP contribution in [0.15, 0.2) is 42.5 Å². The van der Waals surface area contributed by atoms with Crippen LogP contribution in [0.3, 0.4) is 0 Å². The Balaban J connectivity index is 2.20. The highest BCUT2D eigenvalue weighted by molar-refractivity contribution is 5.79. The van der Waals surface area contributed by atoms with Gasteiger partial charge in [0, 0.05) is 11.6 Å². The molecule has 0 aliphatic heterocycles. The fraction of sp³-hybridized carbons (Fsp3) is 0. The molecule has 0 aliphatic rings. The zero-order valence-corrected chi connectivity index (χ0v) is 8.74. The van der Waals surface area contributed by atoms with Gasteiger partial charge in [-0.25, -0.2) is 13.8 Å². The largest absolute Gasteiger partial charge is 0.338 e. The first-order valence-corrected chi connectivity index (χ1v) is 5.13. The van der Waals surface area contributed by atoms with Crippen molar-refractivity contribution < 1.29 is 8.78 Å². The number of aromatic nitrogens is 2. The molecule has 2 aromatic carbocycles. The van der Waals surface area contributed by atoms with E-state index in [0.29, 0.717) is 11.4 Å². The zero-order chi connectivity index (χ0) is 11.8. The number of H-pyrrole nitrogens is 1. The van der Waals surface area contributed by atoms with Gasteiger partial charge in [0.15, 0.2) is 0 Å². The Kier molecular flexibility index (Phi) is 2.14. The third-order valence-electron chi connectivity index (χ3n) is 2.53. The van der Waals surface area contributed by atoms with Gasteiger partial charge in [-0.2, -0.15) is 0 Å². The molecule has 0 saturated heterocycles. The maximum absolute atomic E-state index is 13.1. The predicted molar refractivity (Wildman–Crippen MR) is 61.4 cm³/mol. The molecule has 17 heavy (non-hydrogen) atoms. The van der Waals surface area contributed by atoms with Crippen molar-refractivity contribution in [2.75, 3.05) is 0 Å². The summed E-state index contributed by atoms with van der Waals surface area (Å²) in [5.41, 5.74) is 2.01. The number of halogens is 2. The van der Waals surface area contributed by atoms with Crippen molar-refractivity contribution in [2.45, 2.75) is 0 Å². The lowest BCUT2D eigenvalue weighted by Gasteiger charge is -1.97. The van der Waals surface area contributed by atoms with Gasteiger partial charge in [-0.1, -0.05) is 12.1 Å². The Morgan fingerprint density at radius 1 is 0.941 bits per heavy atom. The number of hydrogen-bond donors (Lipinski definition) is 1. The summed E-state index contributed by atoms with van der Waals surface area (Å²) in [5, 5.41) is 0. The van der Waals surface area contributed by atoms with Crippen molar-refractivity contribution in [3.63, 3.8) is 0 Å². The van der Waals surface area contributed by atoms with Gasteiger partial charge >= 0.3 is 0 Å². The maximum Gasteiger partial charge on any atom is 0.138 e. The average molecular weight is 230 g/mol. The topological polar surface area (TPSA) is 28.7 Å². The summed E-state index contributed by atoms with van der Waals surface area (Å²) in [6.07, 6.45) is 0. The number of fused-ring (bicyclic) bond motifs is 1. The molecule has 0 bridgehead atoms. The van der Waals surface area contributed by atoms with Gasteiger partial charge < -0.3 is 4.98 Å². The minimum absolute atomic E-state index is 0.402. The summed E-state index contributed by atoms with van der Waals surface area (Å²) in [7, 11) is 0. The standard InChI is InChI=1S/C13H8F2N2/c14-9-5-8(6-10(15)7-9)13-16-11-3-1-2-4-12(11)17-13/h1-7H,(H,16,17).